The third-order valence-electron chi connectivity index (χ3n) is 3.80. The lowest BCUT2D eigenvalue weighted by atomic mass is 9.96. The Morgan fingerprint density at radius 2 is 2.19 bits per heavy atom. The second-order valence-electron chi connectivity index (χ2n) is 4.83. The maximum Gasteiger partial charge on any atom is 0.250 e. The molecule has 5 heteroatoms. The Kier molecular flexibility index (Phi) is 2.57. The van der Waals surface area contributed by atoms with Crippen LogP contribution in [0.25, 0.3) is 0 Å². The fourth-order valence-electron chi connectivity index (χ4n) is 3.06. The summed E-state index contributed by atoms with van der Waals surface area (Å²) in [5.74, 6) is 1.35. The van der Waals surface area contributed by atoms with Crippen LogP contribution >= 0.6 is 11.3 Å². The van der Waals surface area contributed by atoms with Gasteiger partial charge in [-0.2, -0.15) is 0 Å². The van der Waals surface area contributed by atoms with E-state index in [0.717, 1.165) is 12.3 Å². The standard InChI is InChI=1S/C11H15NO2S2/c13-16(14,11-2-1-5-15-11)12-10-7-8-3-4-9(10)6-8/h1-2,5,8-10,12H,3-4,6-7H2/t8-,9+,10+/m0/s1. The fourth-order valence-corrected chi connectivity index (χ4v) is 5.39. The lowest BCUT2D eigenvalue weighted by Gasteiger charge is -2.22. The fraction of sp³-hybridized carbons (Fsp3) is 0.636. The summed E-state index contributed by atoms with van der Waals surface area (Å²) in [6.45, 7) is 0. The van der Waals surface area contributed by atoms with Crippen LogP contribution in [0.2, 0.25) is 0 Å². The highest BCUT2D eigenvalue weighted by atomic mass is 32.2. The molecule has 0 saturated heterocycles. The smallest absolute Gasteiger partial charge is 0.207 e. The molecule has 2 aliphatic rings. The highest BCUT2D eigenvalue weighted by molar-refractivity contribution is 7.91. The van der Waals surface area contributed by atoms with Gasteiger partial charge in [0.25, 0.3) is 0 Å². The summed E-state index contributed by atoms with van der Waals surface area (Å²) in [5.41, 5.74) is 0. The number of rotatable bonds is 3. The molecule has 1 heterocycles. The van der Waals surface area contributed by atoms with Gasteiger partial charge in [0.15, 0.2) is 0 Å². The summed E-state index contributed by atoms with van der Waals surface area (Å²) in [7, 11) is -3.25. The van der Waals surface area contributed by atoms with E-state index in [2.05, 4.69) is 4.72 Å². The number of hydrogen-bond donors (Lipinski definition) is 1. The van der Waals surface area contributed by atoms with Crippen LogP contribution in [0, 0.1) is 11.8 Å². The van der Waals surface area contributed by atoms with Crippen LogP contribution in [0.5, 0.6) is 0 Å². The molecule has 0 unspecified atom stereocenters. The third-order valence-corrected chi connectivity index (χ3v) is 6.69. The van der Waals surface area contributed by atoms with Crippen molar-refractivity contribution in [3.63, 3.8) is 0 Å². The molecule has 3 nitrogen and oxygen atoms in total. The molecule has 3 atom stereocenters. The minimum atomic E-state index is -3.25. The zero-order valence-electron chi connectivity index (χ0n) is 8.93. The van der Waals surface area contributed by atoms with E-state index in [0.29, 0.717) is 10.1 Å². The largest absolute Gasteiger partial charge is 0.250 e. The van der Waals surface area contributed by atoms with Crippen molar-refractivity contribution < 1.29 is 8.42 Å². The van der Waals surface area contributed by atoms with Crippen molar-refractivity contribution >= 4 is 21.4 Å². The Morgan fingerprint density at radius 3 is 2.75 bits per heavy atom. The van der Waals surface area contributed by atoms with E-state index in [4.69, 9.17) is 0 Å². The zero-order chi connectivity index (χ0) is 11.2. The Balaban J connectivity index is 1.76. The van der Waals surface area contributed by atoms with Gasteiger partial charge in [-0.1, -0.05) is 12.5 Å². The second-order valence-corrected chi connectivity index (χ2v) is 7.72. The molecular formula is C11H15NO2S2. The second kappa shape index (κ2) is 3.82. The average Bonchev–Trinajstić information content (AvgIpc) is 2.94. The quantitative estimate of drug-likeness (QED) is 0.902. The summed E-state index contributed by atoms with van der Waals surface area (Å²) in [6, 6.07) is 3.63. The van der Waals surface area contributed by atoms with Gasteiger partial charge in [0.2, 0.25) is 10.0 Å². The molecule has 2 saturated carbocycles. The number of hydrogen-bond acceptors (Lipinski definition) is 3. The third kappa shape index (κ3) is 1.81. The van der Waals surface area contributed by atoms with E-state index in [1.54, 1.807) is 17.5 Å². The van der Waals surface area contributed by atoms with Crippen molar-refractivity contribution in [3.05, 3.63) is 17.5 Å². The summed E-state index contributed by atoms with van der Waals surface area (Å²) in [6.07, 6.45) is 4.75. The van der Waals surface area contributed by atoms with Gasteiger partial charge in [-0.15, -0.1) is 11.3 Å². The van der Waals surface area contributed by atoms with E-state index in [1.165, 1.54) is 30.6 Å². The molecule has 0 aliphatic heterocycles. The molecule has 16 heavy (non-hydrogen) atoms. The average molecular weight is 257 g/mol. The number of nitrogens with one attached hydrogen (secondary N) is 1. The van der Waals surface area contributed by atoms with Crippen molar-refractivity contribution in [2.45, 2.75) is 35.9 Å². The monoisotopic (exact) mass is 257 g/mol. The minimum Gasteiger partial charge on any atom is -0.207 e. The van der Waals surface area contributed by atoms with Crippen LogP contribution in [-0.4, -0.2) is 14.5 Å². The lowest BCUT2D eigenvalue weighted by molar-refractivity contribution is 0.390. The Hall–Kier alpha value is -0.390. The molecule has 1 aromatic heterocycles. The topological polar surface area (TPSA) is 46.2 Å². The van der Waals surface area contributed by atoms with Crippen molar-refractivity contribution in [2.75, 3.05) is 0 Å². The first-order valence-electron chi connectivity index (χ1n) is 5.71. The van der Waals surface area contributed by atoms with Crippen LogP contribution in [0.15, 0.2) is 21.7 Å². The van der Waals surface area contributed by atoms with Crippen molar-refractivity contribution in [1.82, 2.24) is 4.72 Å². The van der Waals surface area contributed by atoms with Crippen LogP contribution in [0.1, 0.15) is 25.7 Å². The van der Waals surface area contributed by atoms with Gasteiger partial charge in [-0.25, -0.2) is 13.1 Å². The first kappa shape index (κ1) is 10.7. The van der Waals surface area contributed by atoms with E-state index >= 15 is 0 Å². The summed E-state index contributed by atoms with van der Waals surface area (Å²) >= 11 is 1.28. The first-order valence-corrected chi connectivity index (χ1v) is 8.07. The molecule has 1 N–H and O–H groups in total. The first-order chi connectivity index (χ1) is 7.65. The molecule has 2 aliphatic carbocycles. The van der Waals surface area contributed by atoms with E-state index in [-0.39, 0.29) is 6.04 Å². The predicted octanol–water partition coefficient (Wildman–Crippen LogP) is 2.21. The van der Waals surface area contributed by atoms with Gasteiger partial charge in [-0.3, -0.25) is 0 Å². The van der Waals surface area contributed by atoms with Crippen molar-refractivity contribution in [2.24, 2.45) is 11.8 Å². The molecule has 3 rings (SSSR count). The van der Waals surface area contributed by atoms with Crippen LogP contribution < -0.4 is 4.72 Å². The summed E-state index contributed by atoms with van der Waals surface area (Å²) in [5, 5.41) is 1.80. The molecule has 88 valence electrons. The maximum absolute atomic E-state index is 12.0. The summed E-state index contributed by atoms with van der Waals surface area (Å²) in [4.78, 5) is 0. The molecule has 0 radical (unpaired) electrons. The molecule has 0 amide bonds. The highest BCUT2D eigenvalue weighted by Crippen LogP contribution is 2.44. The van der Waals surface area contributed by atoms with Crippen molar-refractivity contribution in [3.8, 4) is 0 Å². The lowest BCUT2D eigenvalue weighted by Crippen LogP contribution is -2.38. The van der Waals surface area contributed by atoms with Crippen molar-refractivity contribution in [1.29, 1.82) is 0 Å². The zero-order valence-corrected chi connectivity index (χ0v) is 10.6. The van der Waals surface area contributed by atoms with Gasteiger partial charge >= 0.3 is 0 Å². The minimum absolute atomic E-state index is 0.186. The van der Waals surface area contributed by atoms with Crippen LogP contribution in [-0.2, 0) is 10.0 Å². The van der Waals surface area contributed by atoms with Gasteiger partial charge < -0.3 is 0 Å². The van der Waals surface area contributed by atoms with Gasteiger partial charge in [0.05, 0.1) is 0 Å². The van der Waals surface area contributed by atoms with Crippen LogP contribution in [0.4, 0.5) is 0 Å². The SMILES string of the molecule is O=S(=O)(N[C@@H]1C[C@H]2CC[C@@H]1C2)c1cccs1. The normalized spacial score (nSPS) is 33.4. The Bertz CT molecular complexity index is 466. The number of thiophene rings is 1. The Labute approximate surface area is 99.9 Å². The molecule has 2 bridgehead atoms. The van der Waals surface area contributed by atoms with Gasteiger partial charge in [0.1, 0.15) is 4.21 Å². The van der Waals surface area contributed by atoms with Gasteiger partial charge in [-0.05, 0) is 42.5 Å². The summed E-state index contributed by atoms with van der Waals surface area (Å²) < 4.78 is 27.4. The molecular weight excluding hydrogens is 242 g/mol. The maximum atomic E-state index is 12.0. The molecule has 2 fully saturated rings. The molecule has 1 aromatic rings. The highest BCUT2D eigenvalue weighted by Gasteiger charge is 2.41. The predicted molar refractivity (Wildman–Crippen MR) is 63.9 cm³/mol. The molecule has 0 aromatic carbocycles. The van der Waals surface area contributed by atoms with E-state index in [9.17, 15) is 8.42 Å². The Morgan fingerprint density at radius 1 is 1.31 bits per heavy atom. The molecule has 0 spiro atoms. The van der Waals surface area contributed by atoms with Crippen LogP contribution in [0.3, 0.4) is 0 Å². The number of sulfonamides is 1. The van der Waals surface area contributed by atoms with Gasteiger partial charge in [0, 0.05) is 6.04 Å². The number of fused-ring (bicyclic) bond motifs is 2. The van der Waals surface area contributed by atoms with E-state index < -0.39 is 10.0 Å². The van der Waals surface area contributed by atoms with E-state index in [1.807, 2.05) is 0 Å².